The molecular formula is C39H73NO10. The Morgan fingerprint density at radius 3 is 1.82 bits per heavy atom. The van der Waals surface area contributed by atoms with Crippen LogP contribution in [0.2, 0.25) is 0 Å². The number of hydrogen-bond acceptors (Lipinski definition) is 10. The van der Waals surface area contributed by atoms with Crippen molar-refractivity contribution in [2.24, 2.45) is 0 Å². The largest absolute Gasteiger partial charge is 0.394 e. The van der Waals surface area contributed by atoms with Crippen molar-refractivity contribution in [3.05, 3.63) is 24.3 Å². The molecule has 0 bridgehead atoms. The number of carbonyl (C=O) groups is 1. The molecule has 50 heavy (non-hydrogen) atoms. The zero-order valence-electron chi connectivity index (χ0n) is 31.1. The standard InChI is InChI=1S/C39H73NO10/c1-3-5-7-9-11-12-13-14-15-16-17-18-19-21-23-25-27-32(43)38(48)40-30(34(44)31(42)26-24-22-20-10-8-6-4-2)29-49-39-37(47)36(46)35(45)33(28-41)50-39/h11-12,14-15,30-37,39,41-47H,3-10,13,16-29H2,1-2H3,(H,40,48)/b12-11-,15-14-. The molecule has 1 fully saturated rings. The van der Waals surface area contributed by atoms with Crippen molar-refractivity contribution in [1.29, 1.82) is 0 Å². The fourth-order valence-electron chi connectivity index (χ4n) is 6.11. The van der Waals surface area contributed by atoms with Gasteiger partial charge in [0.15, 0.2) is 6.29 Å². The number of nitrogens with one attached hydrogen (secondary N) is 1. The highest BCUT2D eigenvalue weighted by molar-refractivity contribution is 5.80. The van der Waals surface area contributed by atoms with Gasteiger partial charge in [0.05, 0.1) is 25.4 Å². The number of allylic oxidation sites excluding steroid dienone is 4. The molecule has 9 atom stereocenters. The number of aliphatic hydroxyl groups is 7. The summed E-state index contributed by atoms with van der Waals surface area (Å²) >= 11 is 0. The zero-order chi connectivity index (χ0) is 37.0. The van der Waals surface area contributed by atoms with Crippen LogP contribution >= 0.6 is 0 Å². The lowest BCUT2D eigenvalue weighted by Crippen LogP contribution is -2.60. The van der Waals surface area contributed by atoms with Gasteiger partial charge < -0.3 is 50.5 Å². The monoisotopic (exact) mass is 716 g/mol. The maximum atomic E-state index is 13.0. The molecule has 0 radical (unpaired) electrons. The maximum absolute atomic E-state index is 13.0. The topological polar surface area (TPSA) is 189 Å². The van der Waals surface area contributed by atoms with Crippen LogP contribution in [0.4, 0.5) is 0 Å². The first kappa shape index (κ1) is 46.6. The first-order valence-corrected chi connectivity index (χ1v) is 19.7. The van der Waals surface area contributed by atoms with E-state index in [0.29, 0.717) is 19.3 Å². The van der Waals surface area contributed by atoms with Crippen molar-refractivity contribution in [2.45, 2.75) is 204 Å². The number of hydrogen-bond donors (Lipinski definition) is 8. The average molecular weight is 716 g/mol. The predicted octanol–water partition coefficient (Wildman–Crippen LogP) is 4.71. The van der Waals surface area contributed by atoms with E-state index in [0.717, 1.165) is 70.6 Å². The molecule has 0 saturated carbocycles. The summed E-state index contributed by atoms with van der Waals surface area (Å²) < 4.78 is 11.0. The highest BCUT2D eigenvalue weighted by atomic mass is 16.7. The first-order chi connectivity index (χ1) is 24.2. The van der Waals surface area contributed by atoms with Gasteiger partial charge in [-0.05, 0) is 44.9 Å². The van der Waals surface area contributed by atoms with Gasteiger partial charge in [-0.1, -0.05) is 128 Å². The summed E-state index contributed by atoms with van der Waals surface area (Å²) in [5, 5.41) is 75.0. The van der Waals surface area contributed by atoms with Crippen molar-refractivity contribution >= 4 is 5.91 Å². The minimum Gasteiger partial charge on any atom is -0.394 e. The van der Waals surface area contributed by atoms with E-state index in [1.807, 2.05) is 0 Å². The third-order valence-corrected chi connectivity index (χ3v) is 9.51. The van der Waals surface area contributed by atoms with Crippen LogP contribution in [0.1, 0.15) is 149 Å². The molecule has 0 aromatic heterocycles. The number of amides is 1. The molecule has 1 heterocycles. The number of ether oxygens (including phenoxy) is 2. The fourth-order valence-corrected chi connectivity index (χ4v) is 6.11. The Morgan fingerprint density at radius 1 is 0.700 bits per heavy atom. The van der Waals surface area contributed by atoms with E-state index in [2.05, 4.69) is 43.5 Å². The molecule has 8 N–H and O–H groups in total. The Morgan fingerprint density at radius 2 is 1.22 bits per heavy atom. The number of carbonyl (C=O) groups excluding carboxylic acids is 1. The van der Waals surface area contributed by atoms with Gasteiger partial charge in [0.1, 0.15) is 36.6 Å². The summed E-state index contributed by atoms with van der Waals surface area (Å²) in [7, 11) is 0. The normalized spacial score (nSPS) is 23.7. The smallest absolute Gasteiger partial charge is 0.249 e. The van der Waals surface area contributed by atoms with Crippen LogP contribution in [-0.4, -0.2) is 110 Å². The molecule has 9 unspecified atom stereocenters. The molecule has 0 spiro atoms. The summed E-state index contributed by atoms with van der Waals surface area (Å²) in [5.41, 5.74) is 0. The second-order valence-corrected chi connectivity index (χ2v) is 14.0. The Labute approximate surface area is 302 Å². The van der Waals surface area contributed by atoms with Crippen LogP contribution in [0.25, 0.3) is 0 Å². The SMILES string of the molecule is CCCCC/C=C\C/C=C\CCCCCCCCC(O)C(=O)NC(COC1OC(CO)C(O)C(O)C1O)C(O)C(O)CCCCCCCCC. The third kappa shape index (κ3) is 20.6. The molecule has 11 nitrogen and oxygen atoms in total. The van der Waals surface area contributed by atoms with Crippen molar-refractivity contribution in [2.75, 3.05) is 13.2 Å². The summed E-state index contributed by atoms with van der Waals surface area (Å²) in [6, 6.07) is -1.17. The van der Waals surface area contributed by atoms with E-state index in [-0.39, 0.29) is 6.42 Å². The van der Waals surface area contributed by atoms with E-state index in [9.17, 15) is 40.5 Å². The number of rotatable bonds is 31. The summed E-state index contributed by atoms with van der Waals surface area (Å²) in [5.74, 6) is -0.711. The highest BCUT2D eigenvalue weighted by Crippen LogP contribution is 2.23. The molecule has 294 valence electrons. The molecule has 1 aliphatic rings. The van der Waals surface area contributed by atoms with E-state index in [1.54, 1.807) is 0 Å². The molecule has 1 saturated heterocycles. The Hall–Kier alpha value is -1.41. The highest BCUT2D eigenvalue weighted by Gasteiger charge is 2.44. The molecule has 0 aromatic carbocycles. The van der Waals surface area contributed by atoms with Crippen molar-refractivity contribution in [3.63, 3.8) is 0 Å². The first-order valence-electron chi connectivity index (χ1n) is 19.7. The van der Waals surface area contributed by atoms with E-state index in [4.69, 9.17) is 9.47 Å². The number of aliphatic hydroxyl groups excluding tert-OH is 7. The second-order valence-electron chi connectivity index (χ2n) is 14.0. The Balaban J connectivity index is 2.51. The lowest BCUT2D eigenvalue weighted by atomic mass is 9.98. The van der Waals surface area contributed by atoms with Crippen LogP contribution in [0.3, 0.4) is 0 Å². The Kier molecular flexibility index (Phi) is 28.1. The molecule has 1 aliphatic heterocycles. The van der Waals surface area contributed by atoms with Gasteiger partial charge >= 0.3 is 0 Å². The summed E-state index contributed by atoms with van der Waals surface area (Å²) in [4.78, 5) is 13.0. The van der Waals surface area contributed by atoms with Gasteiger partial charge in [0, 0.05) is 0 Å². The minimum absolute atomic E-state index is 0.248. The van der Waals surface area contributed by atoms with Gasteiger partial charge in [0.2, 0.25) is 5.91 Å². The van der Waals surface area contributed by atoms with Gasteiger partial charge in [-0.25, -0.2) is 0 Å². The molecular weight excluding hydrogens is 642 g/mol. The third-order valence-electron chi connectivity index (χ3n) is 9.51. The lowest BCUT2D eigenvalue weighted by molar-refractivity contribution is -0.303. The Bertz CT molecular complexity index is 872. The van der Waals surface area contributed by atoms with Crippen LogP contribution < -0.4 is 5.32 Å². The molecule has 11 heteroatoms. The molecule has 0 aromatic rings. The minimum atomic E-state index is -1.66. The van der Waals surface area contributed by atoms with Crippen molar-refractivity contribution in [1.82, 2.24) is 5.32 Å². The van der Waals surface area contributed by atoms with Crippen molar-refractivity contribution < 1.29 is 50.0 Å². The summed E-state index contributed by atoms with van der Waals surface area (Å²) in [6.45, 7) is 3.31. The van der Waals surface area contributed by atoms with Crippen LogP contribution in [0.5, 0.6) is 0 Å². The maximum Gasteiger partial charge on any atom is 0.249 e. The quantitative estimate of drug-likeness (QED) is 0.0369. The average Bonchev–Trinajstić information content (AvgIpc) is 3.11. The van der Waals surface area contributed by atoms with E-state index < -0.39 is 74.2 Å². The van der Waals surface area contributed by atoms with Crippen LogP contribution in [-0.2, 0) is 14.3 Å². The number of unbranched alkanes of at least 4 members (excludes halogenated alkanes) is 15. The van der Waals surface area contributed by atoms with Crippen LogP contribution in [0, 0.1) is 0 Å². The van der Waals surface area contributed by atoms with Gasteiger partial charge in [0.25, 0.3) is 0 Å². The van der Waals surface area contributed by atoms with Gasteiger partial charge in [-0.3, -0.25) is 4.79 Å². The molecule has 1 rings (SSSR count). The summed E-state index contributed by atoms with van der Waals surface area (Å²) in [6.07, 6.45) is 18.3. The zero-order valence-corrected chi connectivity index (χ0v) is 31.1. The van der Waals surface area contributed by atoms with Gasteiger partial charge in [-0.2, -0.15) is 0 Å². The molecule has 1 amide bonds. The van der Waals surface area contributed by atoms with E-state index in [1.165, 1.54) is 38.5 Å². The lowest BCUT2D eigenvalue weighted by Gasteiger charge is -2.40. The van der Waals surface area contributed by atoms with Crippen molar-refractivity contribution in [3.8, 4) is 0 Å². The van der Waals surface area contributed by atoms with E-state index >= 15 is 0 Å². The van der Waals surface area contributed by atoms with Gasteiger partial charge in [-0.15, -0.1) is 0 Å². The second kappa shape index (κ2) is 30.1. The fraction of sp³-hybridized carbons (Fsp3) is 0.872. The molecule has 0 aliphatic carbocycles. The van der Waals surface area contributed by atoms with Crippen LogP contribution in [0.15, 0.2) is 24.3 Å². The predicted molar refractivity (Wildman–Crippen MR) is 196 cm³/mol.